The summed E-state index contributed by atoms with van der Waals surface area (Å²) in [6, 6.07) is 9.89. The van der Waals surface area contributed by atoms with Crippen molar-refractivity contribution in [3.63, 3.8) is 0 Å². The first kappa shape index (κ1) is 14.3. The number of benzene rings is 2. The zero-order chi connectivity index (χ0) is 15.4. The largest absolute Gasteiger partial charge is 0.489 e. The molecule has 2 aromatic carbocycles. The van der Waals surface area contributed by atoms with Crippen molar-refractivity contribution < 1.29 is 19.0 Å². The van der Waals surface area contributed by atoms with Crippen molar-refractivity contribution >= 4 is 11.7 Å². The number of carbonyl (C=O) groups is 1. The summed E-state index contributed by atoms with van der Waals surface area (Å²) in [5.74, 6) is -1.37. The molecule has 0 aliphatic heterocycles. The van der Waals surface area contributed by atoms with Crippen LogP contribution in [-0.4, -0.2) is 11.1 Å². The van der Waals surface area contributed by atoms with Crippen molar-refractivity contribution in [3.05, 3.63) is 58.9 Å². The van der Waals surface area contributed by atoms with Gasteiger partial charge in [-0.1, -0.05) is 0 Å². The average Bonchev–Trinajstić information content (AvgIpc) is 2.46. The van der Waals surface area contributed by atoms with Crippen LogP contribution in [0.1, 0.15) is 21.5 Å². The predicted molar refractivity (Wildman–Crippen MR) is 73.3 cm³/mol. The van der Waals surface area contributed by atoms with Crippen molar-refractivity contribution in [2.45, 2.75) is 6.61 Å². The van der Waals surface area contributed by atoms with E-state index in [1.165, 1.54) is 36.4 Å². The zero-order valence-electron chi connectivity index (χ0n) is 10.8. The molecule has 2 rings (SSSR count). The molecule has 0 saturated heterocycles. The van der Waals surface area contributed by atoms with E-state index in [1.54, 1.807) is 0 Å². The lowest BCUT2D eigenvalue weighted by molar-refractivity contribution is 0.0697. The Labute approximate surface area is 120 Å². The van der Waals surface area contributed by atoms with Gasteiger partial charge in [-0.3, -0.25) is 0 Å². The first-order chi connectivity index (χ1) is 10.0. The minimum absolute atomic E-state index is 0.0520. The van der Waals surface area contributed by atoms with Crippen LogP contribution in [0.2, 0.25) is 0 Å². The maximum Gasteiger partial charge on any atom is 0.337 e. The predicted octanol–water partition coefficient (Wildman–Crippen LogP) is 2.56. The molecule has 0 spiro atoms. The number of halogens is 1. The number of nitrogen functional groups attached to an aromatic ring is 1. The van der Waals surface area contributed by atoms with Crippen LogP contribution in [0.5, 0.6) is 5.75 Å². The summed E-state index contributed by atoms with van der Waals surface area (Å²) in [5.41, 5.74) is 6.26. The van der Waals surface area contributed by atoms with Crippen LogP contribution in [0.4, 0.5) is 10.1 Å². The number of hydrogen-bond donors (Lipinski definition) is 2. The number of carboxylic acids is 1. The highest BCUT2D eigenvalue weighted by Crippen LogP contribution is 2.21. The van der Waals surface area contributed by atoms with Gasteiger partial charge < -0.3 is 15.6 Å². The molecule has 0 radical (unpaired) electrons. The van der Waals surface area contributed by atoms with Crippen molar-refractivity contribution in [1.29, 1.82) is 5.26 Å². The Balaban J connectivity index is 2.21. The van der Waals surface area contributed by atoms with Gasteiger partial charge in [0.15, 0.2) is 0 Å². The molecule has 0 aromatic heterocycles. The molecule has 0 bridgehead atoms. The molecular weight excluding hydrogens is 275 g/mol. The molecular formula is C15H11FN2O3. The third-order valence-electron chi connectivity index (χ3n) is 2.84. The van der Waals surface area contributed by atoms with E-state index >= 15 is 0 Å². The summed E-state index contributed by atoms with van der Waals surface area (Å²) in [6.07, 6.45) is 0. The minimum Gasteiger partial charge on any atom is -0.489 e. The molecule has 0 heterocycles. The van der Waals surface area contributed by atoms with Crippen molar-refractivity contribution in [2.75, 3.05) is 5.73 Å². The normalized spacial score (nSPS) is 9.90. The summed E-state index contributed by atoms with van der Waals surface area (Å²) in [4.78, 5) is 11.0. The van der Waals surface area contributed by atoms with Gasteiger partial charge in [0.05, 0.1) is 17.2 Å². The quantitative estimate of drug-likeness (QED) is 0.842. The number of anilines is 1. The first-order valence-corrected chi connectivity index (χ1v) is 5.95. The summed E-state index contributed by atoms with van der Waals surface area (Å²) < 4.78 is 18.6. The molecule has 3 N–H and O–H groups in total. The summed E-state index contributed by atoms with van der Waals surface area (Å²) in [6.45, 7) is -0.0520. The fraction of sp³-hybridized carbons (Fsp3) is 0.0667. The second-order valence-corrected chi connectivity index (χ2v) is 4.26. The van der Waals surface area contributed by atoms with Gasteiger partial charge >= 0.3 is 5.97 Å². The van der Waals surface area contributed by atoms with Crippen LogP contribution in [0.15, 0.2) is 36.4 Å². The van der Waals surface area contributed by atoms with Crippen LogP contribution in [0, 0.1) is 17.1 Å². The fourth-order valence-corrected chi connectivity index (χ4v) is 1.76. The number of hydrogen-bond acceptors (Lipinski definition) is 4. The summed E-state index contributed by atoms with van der Waals surface area (Å²) >= 11 is 0. The van der Waals surface area contributed by atoms with E-state index in [-0.39, 0.29) is 23.6 Å². The molecule has 2 aromatic rings. The van der Waals surface area contributed by atoms with Gasteiger partial charge in [-0.25, -0.2) is 9.18 Å². The minimum atomic E-state index is -1.17. The van der Waals surface area contributed by atoms with Crippen molar-refractivity contribution in [3.8, 4) is 11.8 Å². The highest BCUT2D eigenvalue weighted by molar-refractivity contribution is 5.94. The number of rotatable bonds is 4. The summed E-state index contributed by atoms with van der Waals surface area (Å²) in [5, 5.41) is 17.9. The van der Waals surface area contributed by atoms with Crippen LogP contribution < -0.4 is 10.5 Å². The number of nitrogens with zero attached hydrogens (tertiary/aromatic N) is 1. The second-order valence-electron chi connectivity index (χ2n) is 4.26. The van der Waals surface area contributed by atoms with Gasteiger partial charge in [0, 0.05) is 11.3 Å². The lowest BCUT2D eigenvalue weighted by atomic mass is 10.1. The van der Waals surface area contributed by atoms with Gasteiger partial charge in [0.25, 0.3) is 0 Å². The molecule has 0 unspecified atom stereocenters. The maximum atomic E-state index is 13.2. The average molecular weight is 286 g/mol. The third kappa shape index (κ3) is 3.28. The molecule has 106 valence electrons. The topological polar surface area (TPSA) is 96.3 Å². The van der Waals surface area contributed by atoms with Crippen LogP contribution in [-0.2, 0) is 6.61 Å². The van der Waals surface area contributed by atoms with Crippen molar-refractivity contribution in [2.24, 2.45) is 0 Å². The van der Waals surface area contributed by atoms with Gasteiger partial charge in [-0.2, -0.15) is 5.26 Å². The standard InChI is InChI=1S/C15H11FN2O3/c16-11-2-1-9(7-17)10(5-11)8-21-12-3-4-14(18)13(6-12)15(19)20/h1-6H,8,18H2,(H,19,20). The Bertz CT molecular complexity index is 738. The SMILES string of the molecule is N#Cc1ccc(F)cc1COc1ccc(N)c(C(=O)O)c1. The lowest BCUT2D eigenvalue weighted by Crippen LogP contribution is -2.04. The highest BCUT2D eigenvalue weighted by atomic mass is 19.1. The lowest BCUT2D eigenvalue weighted by Gasteiger charge is -2.09. The van der Waals surface area contributed by atoms with E-state index in [1.807, 2.05) is 6.07 Å². The molecule has 21 heavy (non-hydrogen) atoms. The number of ether oxygens (including phenoxy) is 1. The van der Waals surface area contributed by atoms with E-state index in [2.05, 4.69) is 0 Å². The van der Waals surface area contributed by atoms with E-state index in [4.69, 9.17) is 20.8 Å². The van der Waals surface area contributed by atoms with Crippen LogP contribution in [0.25, 0.3) is 0 Å². The molecule has 0 fully saturated rings. The molecule has 0 aliphatic rings. The second kappa shape index (κ2) is 5.92. The highest BCUT2D eigenvalue weighted by Gasteiger charge is 2.10. The summed E-state index contributed by atoms with van der Waals surface area (Å²) in [7, 11) is 0. The van der Waals surface area contributed by atoms with Crippen LogP contribution in [0.3, 0.4) is 0 Å². The number of aromatic carboxylic acids is 1. The Morgan fingerprint density at radius 2 is 2.10 bits per heavy atom. The fourth-order valence-electron chi connectivity index (χ4n) is 1.76. The third-order valence-corrected chi connectivity index (χ3v) is 2.84. The molecule has 0 aliphatic carbocycles. The van der Waals surface area contributed by atoms with Gasteiger partial charge in [-0.05, 0) is 36.4 Å². The molecule has 5 nitrogen and oxygen atoms in total. The van der Waals surface area contributed by atoms with E-state index < -0.39 is 11.8 Å². The molecule has 0 atom stereocenters. The number of nitriles is 1. The first-order valence-electron chi connectivity index (χ1n) is 5.95. The van der Waals surface area contributed by atoms with Gasteiger partial charge in [-0.15, -0.1) is 0 Å². The smallest absolute Gasteiger partial charge is 0.337 e. The molecule has 6 heteroatoms. The molecule has 0 saturated carbocycles. The Kier molecular flexibility index (Phi) is 4.05. The zero-order valence-corrected chi connectivity index (χ0v) is 10.8. The number of carboxylic acid groups (broad SMARTS) is 1. The van der Waals surface area contributed by atoms with E-state index in [9.17, 15) is 9.18 Å². The number of nitrogens with two attached hydrogens (primary N) is 1. The van der Waals surface area contributed by atoms with Crippen LogP contribution >= 0.6 is 0 Å². The van der Waals surface area contributed by atoms with Gasteiger partial charge in [0.1, 0.15) is 18.2 Å². The Morgan fingerprint density at radius 3 is 2.76 bits per heavy atom. The Hall–Kier alpha value is -3.07. The van der Waals surface area contributed by atoms with E-state index in [0.29, 0.717) is 11.1 Å². The van der Waals surface area contributed by atoms with Gasteiger partial charge in [0.2, 0.25) is 0 Å². The monoisotopic (exact) mass is 286 g/mol. The molecule has 0 amide bonds. The van der Waals surface area contributed by atoms with E-state index in [0.717, 1.165) is 0 Å². The Morgan fingerprint density at radius 1 is 1.33 bits per heavy atom. The van der Waals surface area contributed by atoms with Crippen molar-refractivity contribution in [1.82, 2.24) is 0 Å². The maximum absolute atomic E-state index is 13.2.